The van der Waals surface area contributed by atoms with Crippen LogP contribution < -0.4 is 0 Å². The number of rotatable bonds is 1. The van der Waals surface area contributed by atoms with Crippen LogP contribution in [0.1, 0.15) is 0 Å². The van der Waals surface area contributed by atoms with E-state index in [-0.39, 0.29) is 25.9 Å². The molecule has 1 heterocycles. The number of aromatic nitrogens is 2. The smallest absolute Gasteiger partial charge is 0.106 e. The molecule has 0 atom stereocenters. The molecule has 0 aliphatic rings. The summed E-state index contributed by atoms with van der Waals surface area (Å²) < 4.78 is 13.7. The van der Waals surface area contributed by atoms with Gasteiger partial charge in [0.05, 0.1) is 5.52 Å². The number of para-hydroxylation sites is 1. The van der Waals surface area contributed by atoms with Crippen LogP contribution in [0.5, 0.6) is 0 Å². The average molecular weight is 415 g/mol. The van der Waals surface area contributed by atoms with Crippen molar-refractivity contribution in [1.29, 1.82) is 0 Å². The van der Waals surface area contributed by atoms with Crippen molar-refractivity contribution >= 4 is 10.9 Å². The Kier molecular flexibility index (Phi) is 3.80. The fourth-order valence-electron chi connectivity index (χ4n) is 1.80. The first-order chi connectivity index (χ1) is 8.36. The first kappa shape index (κ1) is 12.8. The number of halogens is 1. The van der Waals surface area contributed by atoms with E-state index in [9.17, 15) is 4.39 Å². The molecule has 0 saturated heterocycles. The van der Waals surface area contributed by atoms with Crippen LogP contribution in [-0.2, 0) is 20.1 Å². The molecule has 18 heavy (non-hydrogen) atoms. The van der Waals surface area contributed by atoms with Crippen molar-refractivity contribution in [3.8, 4) is 11.3 Å². The van der Waals surface area contributed by atoms with Gasteiger partial charge in [-0.3, -0.25) is 9.37 Å². The SMILES string of the molecule is Fc1ccc[c-]c1-c1ncnc2ccccc12.[Ir]. The fourth-order valence-corrected chi connectivity index (χ4v) is 1.80. The van der Waals surface area contributed by atoms with E-state index in [1.165, 1.54) is 12.4 Å². The summed E-state index contributed by atoms with van der Waals surface area (Å²) >= 11 is 0. The fraction of sp³-hybridized carbons (Fsp3) is 0. The van der Waals surface area contributed by atoms with Gasteiger partial charge in [-0.15, -0.1) is 24.3 Å². The second-order valence-electron chi connectivity index (χ2n) is 3.63. The van der Waals surface area contributed by atoms with E-state index in [2.05, 4.69) is 16.0 Å². The van der Waals surface area contributed by atoms with Gasteiger partial charge < -0.3 is 0 Å². The van der Waals surface area contributed by atoms with Gasteiger partial charge in [-0.05, 0) is 11.5 Å². The molecule has 4 heteroatoms. The molecular weight excluding hydrogens is 407 g/mol. The standard InChI is InChI=1S/C14H8FN2.Ir/c15-12-7-3-1-5-10(12)14-11-6-2-4-8-13(11)16-9-17-14;/h1-4,6-9H;/q-1;. The maximum absolute atomic E-state index is 13.7. The minimum atomic E-state index is -0.323. The predicted octanol–water partition coefficient (Wildman–Crippen LogP) is 3.23. The van der Waals surface area contributed by atoms with Gasteiger partial charge in [-0.2, -0.15) is 0 Å². The molecule has 2 nitrogen and oxygen atoms in total. The van der Waals surface area contributed by atoms with E-state index in [0.717, 1.165) is 10.9 Å². The van der Waals surface area contributed by atoms with Crippen molar-refractivity contribution in [2.75, 3.05) is 0 Å². The average Bonchev–Trinajstić information content (AvgIpc) is 2.39. The summed E-state index contributed by atoms with van der Waals surface area (Å²) in [5.74, 6) is -0.323. The normalized spacial score (nSPS) is 10.1. The predicted molar refractivity (Wildman–Crippen MR) is 63.8 cm³/mol. The van der Waals surface area contributed by atoms with E-state index < -0.39 is 0 Å². The summed E-state index contributed by atoms with van der Waals surface area (Å²) in [7, 11) is 0. The summed E-state index contributed by atoms with van der Waals surface area (Å²) in [6, 6.07) is 15.1. The van der Waals surface area contributed by atoms with Crippen molar-refractivity contribution in [2.24, 2.45) is 0 Å². The van der Waals surface area contributed by atoms with Gasteiger partial charge in [-0.25, -0.2) is 4.98 Å². The van der Waals surface area contributed by atoms with E-state index in [4.69, 9.17) is 0 Å². The van der Waals surface area contributed by atoms with E-state index in [1.54, 1.807) is 12.1 Å². The van der Waals surface area contributed by atoms with Crippen molar-refractivity contribution in [2.45, 2.75) is 0 Å². The molecule has 0 unspecified atom stereocenters. The molecule has 0 bridgehead atoms. The monoisotopic (exact) mass is 416 g/mol. The molecule has 2 aromatic carbocycles. The Balaban J connectivity index is 0.00000120. The largest absolute Gasteiger partial charge is 0.285 e. The third-order valence-electron chi connectivity index (χ3n) is 2.58. The summed E-state index contributed by atoms with van der Waals surface area (Å²) in [4.78, 5) is 8.31. The van der Waals surface area contributed by atoms with Crippen LogP contribution in [0.3, 0.4) is 0 Å². The third-order valence-corrected chi connectivity index (χ3v) is 2.58. The molecule has 0 N–H and O–H groups in total. The van der Waals surface area contributed by atoms with Crippen LogP contribution >= 0.6 is 0 Å². The zero-order chi connectivity index (χ0) is 11.7. The third kappa shape index (κ3) is 2.17. The van der Waals surface area contributed by atoms with Gasteiger partial charge in [0.2, 0.25) is 0 Å². The molecular formula is C14H8FIrN2-. The van der Waals surface area contributed by atoms with E-state index >= 15 is 0 Å². The van der Waals surface area contributed by atoms with Gasteiger partial charge in [0, 0.05) is 31.6 Å². The van der Waals surface area contributed by atoms with E-state index in [1.807, 2.05) is 24.3 Å². The second kappa shape index (κ2) is 5.34. The molecule has 3 rings (SSSR count). The summed E-state index contributed by atoms with van der Waals surface area (Å²) in [5.41, 5.74) is 1.76. The zero-order valence-electron chi connectivity index (χ0n) is 9.22. The minimum Gasteiger partial charge on any atom is -0.285 e. The van der Waals surface area contributed by atoms with Crippen LogP contribution in [0.15, 0.2) is 48.8 Å². The molecule has 1 radical (unpaired) electrons. The number of hydrogen-bond donors (Lipinski definition) is 0. The Morgan fingerprint density at radius 1 is 1.00 bits per heavy atom. The molecule has 0 fully saturated rings. The molecule has 0 saturated carbocycles. The van der Waals surface area contributed by atoms with Crippen molar-refractivity contribution < 1.29 is 24.5 Å². The maximum Gasteiger partial charge on any atom is 0.106 e. The van der Waals surface area contributed by atoms with Crippen LogP contribution in [0.2, 0.25) is 0 Å². The number of nitrogens with zero attached hydrogens (tertiary/aromatic N) is 2. The summed E-state index contributed by atoms with van der Waals surface area (Å²) in [5, 5.41) is 0.830. The molecule has 0 aliphatic heterocycles. The first-order valence-electron chi connectivity index (χ1n) is 5.22. The van der Waals surface area contributed by atoms with Crippen molar-refractivity contribution in [3.05, 3.63) is 60.7 Å². The van der Waals surface area contributed by atoms with Crippen molar-refractivity contribution in [1.82, 2.24) is 9.97 Å². The van der Waals surface area contributed by atoms with E-state index in [0.29, 0.717) is 11.3 Å². The molecule has 0 spiro atoms. The second-order valence-corrected chi connectivity index (χ2v) is 3.63. The Labute approximate surface area is 117 Å². The van der Waals surface area contributed by atoms with Gasteiger partial charge >= 0.3 is 0 Å². The van der Waals surface area contributed by atoms with Crippen LogP contribution in [0.25, 0.3) is 22.2 Å². The molecule has 1 aromatic heterocycles. The van der Waals surface area contributed by atoms with Gasteiger partial charge in [0.15, 0.2) is 0 Å². The van der Waals surface area contributed by atoms with Gasteiger partial charge in [0.25, 0.3) is 0 Å². The quantitative estimate of drug-likeness (QED) is 0.571. The topological polar surface area (TPSA) is 25.8 Å². The van der Waals surface area contributed by atoms with Crippen LogP contribution in [0.4, 0.5) is 4.39 Å². The Morgan fingerprint density at radius 3 is 2.67 bits per heavy atom. The number of benzene rings is 2. The Hall–Kier alpha value is -1.64. The minimum absolute atomic E-state index is 0. The summed E-state index contributed by atoms with van der Waals surface area (Å²) in [6.45, 7) is 0. The van der Waals surface area contributed by atoms with Crippen LogP contribution in [-0.4, -0.2) is 9.97 Å². The molecule has 0 aliphatic carbocycles. The molecule has 0 amide bonds. The molecule has 91 valence electrons. The van der Waals surface area contributed by atoms with Crippen molar-refractivity contribution in [3.63, 3.8) is 0 Å². The van der Waals surface area contributed by atoms with Gasteiger partial charge in [-0.1, -0.05) is 23.8 Å². The van der Waals surface area contributed by atoms with Crippen LogP contribution in [0, 0.1) is 11.9 Å². The first-order valence-corrected chi connectivity index (χ1v) is 5.22. The Bertz CT molecular complexity index is 680. The Morgan fingerprint density at radius 2 is 1.83 bits per heavy atom. The maximum atomic E-state index is 13.7. The molecule has 3 aromatic rings. The number of hydrogen-bond acceptors (Lipinski definition) is 2. The summed E-state index contributed by atoms with van der Waals surface area (Å²) in [6.07, 6.45) is 1.44. The number of fused-ring (bicyclic) bond motifs is 1. The zero-order valence-corrected chi connectivity index (χ0v) is 11.6. The van der Waals surface area contributed by atoms with Gasteiger partial charge in [0.1, 0.15) is 6.33 Å².